The van der Waals surface area contributed by atoms with Gasteiger partial charge in [-0.25, -0.2) is 0 Å². The molecule has 0 aliphatic carbocycles. The van der Waals surface area contributed by atoms with Crippen molar-refractivity contribution in [2.45, 2.75) is 17.1 Å². The number of para-hydroxylation sites is 2. The molecule has 0 saturated heterocycles. The monoisotopic (exact) mass is 807 g/mol. The molecule has 0 fully saturated rings. The third-order valence-electron chi connectivity index (χ3n) is 8.68. The third-order valence-corrected chi connectivity index (χ3v) is 11.1. The molecule has 0 radical (unpaired) electrons. The van der Waals surface area contributed by atoms with Crippen LogP contribution in [-0.2, 0) is 9.59 Å². The first kappa shape index (κ1) is 40.5. The van der Waals surface area contributed by atoms with Crippen LogP contribution in [0.4, 0.5) is 16.4 Å². The largest absolute Gasteiger partial charge is 0.493 e. The minimum Gasteiger partial charge on any atom is -0.493 e. The van der Waals surface area contributed by atoms with E-state index in [-0.39, 0.29) is 22.2 Å². The van der Waals surface area contributed by atoms with Crippen LogP contribution in [0.5, 0.6) is 11.5 Å². The smallest absolute Gasteiger partial charge is 0.272 e. The molecule has 6 aromatic rings. The van der Waals surface area contributed by atoms with Gasteiger partial charge in [-0.2, -0.15) is 5.26 Å². The number of thiophene rings is 1. The van der Waals surface area contributed by atoms with E-state index in [1.165, 1.54) is 32.1 Å². The van der Waals surface area contributed by atoms with Gasteiger partial charge in [-0.3, -0.25) is 19.2 Å². The molecule has 1 aromatic heterocycles. The van der Waals surface area contributed by atoms with Crippen molar-refractivity contribution in [1.82, 2.24) is 5.32 Å². The van der Waals surface area contributed by atoms with Crippen LogP contribution in [0, 0.1) is 18.3 Å². The Morgan fingerprint density at radius 2 is 1.40 bits per heavy atom. The average molecular weight is 808 g/mol. The van der Waals surface area contributed by atoms with E-state index in [1.54, 1.807) is 104 Å². The topological polar surface area (TPSA) is 159 Å². The molecule has 11 nitrogen and oxygen atoms in total. The molecule has 5 aromatic carbocycles. The first-order chi connectivity index (χ1) is 28.2. The highest BCUT2D eigenvalue weighted by Crippen LogP contribution is 2.40. The number of nitrogens with zero attached hydrogens (tertiary/aromatic N) is 1. The summed E-state index contributed by atoms with van der Waals surface area (Å²) in [6, 6.07) is 40.9. The van der Waals surface area contributed by atoms with E-state index in [9.17, 15) is 24.4 Å². The number of benzene rings is 5. The minimum atomic E-state index is -0.802. The number of rotatable bonds is 14. The number of methoxy groups -OCH3 is 2. The Hall–Kier alpha value is -7.14. The van der Waals surface area contributed by atoms with E-state index in [0.29, 0.717) is 54.9 Å². The number of nitrogens with one attached hydrogen (secondary N) is 4. The Kier molecular flexibility index (Phi) is 13.4. The maximum atomic E-state index is 14.1. The number of amides is 4. The van der Waals surface area contributed by atoms with Gasteiger partial charge in [0.1, 0.15) is 22.0 Å². The molecule has 6 rings (SSSR count). The standard InChI is InChI=1S/C45H37N5O6S2/c1-28-35(27-46)45(58-39(28)43(53)47-32-20-11-6-12-21-32)50-44(54)40(29-15-7-4-8-16-29)57-34-23-14-22-33(26-34)48-42(52)36(49-41(51)30-17-9-5-10-18-30)25-31-19-13-24-37(55-2)38(31)56-3/h4-26,40H,1-3H3,(H,47,53)(H,48,52)(H,49,51)(H,50,54)/b36-25+. The highest BCUT2D eigenvalue weighted by atomic mass is 32.2. The third kappa shape index (κ3) is 9.80. The van der Waals surface area contributed by atoms with Crippen molar-refractivity contribution in [3.63, 3.8) is 0 Å². The molecule has 290 valence electrons. The van der Waals surface area contributed by atoms with Crippen LogP contribution >= 0.6 is 23.1 Å². The summed E-state index contributed by atoms with van der Waals surface area (Å²) >= 11 is 2.27. The number of ether oxygens (including phenoxy) is 2. The second kappa shape index (κ2) is 19.1. The van der Waals surface area contributed by atoms with Crippen LogP contribution in [0.3, 0.4) is 0 Å². The molecule has 0 spiro atoms. The molecule has 1 heterocycles. The number of hydrogen-bond donors (Lipinski definition) is 4. The van der Waals surface area contributed by atoms with E-state index in [0.717, 1.165) is 11.3 Å². The summed E-state index contributed by atoms with van der Waals surface area (Å²) in [5, 5.41) is 20.9. The number of nitriles is 1. The maximum Gasteiger partial charge on any atom is 0.272 e. The summed E-state index contributed by atoms with van der Waals surface area (Å²) in [7, 11) is 2.99. The van der Waals surface area contributed by atoms with Gasteiger partial charge in [-0.05, 0) is 72.7 Å². The fourth-order valence-corrected chi connectivity index (χ4v) is 7.98. The van der Waals surface area contributed by atoms with Gasteiger partial charge in [-0.1, -0.05) is 84.9 Å². The molecule has 4 amide bonds. The fraction of sp³-hybridized carbons (Fsp3) is 0.0889. The zero-order chi connectivity index (χ0) is 41.0. The Morgan fingerprint density at radius 3 is 2.07 bits per heavy atom. The normalized spacial score (nSPS) is 11.4. The summed E-state index contributed by atoms with van der Waals surface area (Å²) in [6.45, 7) is 1.68. The van der Waals surface area contributed by atoms with Gasteiger partial charge in [0.05, 0.1) is 24.7 Å². The van der Waals surface area contributed by atoms with Crippen molar-refractivity contribution in [3.05, 3.63) is 172 Å². The summed E-state index contributed by atoms with van der Waals surface area (Å²) in [4.78, 5) is 55.5. The van der Waals surface area contributed by atoms with E-state index in [2.05, 4.69) is 27.3 Å². The minimum absolute atomic E-state index is 0.0589. The molecule has 1 atom stereocenters. The molecule has 1 unspecified atom stereocenters. The predicted molar refractivity (Wildman–Crippen MR) is 228 cm³/mol. The van der Waals surface area contributed by atoms with E-state index in [4.69, 9.17) is 9.47 Å². The summed E-state index contributed by atoms with van der Waals surface area (Å²) < 4.78 is 11.0. The number of hydrogen-bond acceptors (Lipinski definition) is 9. The molecule has 0 bridgehead atoms. The summed E-state index contributed by atoms with van der Waals surface area (Å²) in [5.74, 6) is -1.09. The van der Waals surface area contributed by atoms with E-state index in [1.807, 2.05) is 36.4 Å². The number of carbonyl (C=O) groups excluding carboxylic acids is 4. The summed E-state index contributed by atoms with van der Waals surface area (Å²) in [5.41, 5.74) is 3.14. The lowest BCUT2D eigenvalue weighted by molar-refractivity contribution is -0.116. The first-order valence-corrected chi connectivity index (χ1v) is 19.5. The second-order valence-corrected chi connectivity index (χ2v) is 14.7. The molecule has 58 heavy (non-hydrogen) atoms. The van der Waals surface area contributed by atoms with Crippen molar-refractivity contribution in [1.29, 1.82) is 5.26 Å². The Bertz CT molecular complexity index is 2520. The predicted octanol–water partition coefficient (Wildman–Crippen LogP) is 9.08. The number of carbonyl (C=O) groups is 4. The maximum absolute atomic E-state index is 14.1. The number of anilines is 3. The van der Waals surface area contributed by atoms with E-state index >= 15 is 0 Å². The van der Waals surface area contributed by atoms with Crippen LogP contribution in [-0.4, -0.2) is 37.8 Å². The fourth-order valence-electron chi connectivity index (χ4n) is 5.85. The van der Waals surface area contributed by atoms with Gasteiger partial charge in [0.25, 0.3) is 17.7 Å². The van der Waals surface area contributed by atoms with Gasteiger partial charge in [-0.15, -0.1) is 23.1 Å². The quantitative estimate of drug-likeness (QED) is 0.0627. The van der Waals surface area contributed by atoms with Crippen LogP contribution in [0.1, 0.15) is 47.5 Å². The lowest BCUT2D eigenvalue weighted by Gasteiger charge is -2.18. The van der Waals surface area contributed by atoms with Gasteiger partial charge in [0.15, 0.2) is 11.5 Å². The summed E-state index contributed by atoms with van der Waals surface area (Å²) in [6.07, 6.45) is 1.50. The molecule has 4 N–H and O–H groups in total. The number of thioether (sulfide) groups is 1. The van der Waals surface area contributed by atoms with Crippen molar-refractivity contribution < 1.29 is 28.7 Å². The molecule has 0 aliphatic rings. The molecule has 0 saturated carbocycles. The lowest BCUT2D eigenvalue weighted by atomic mass is 10.1. The molecular weight excluding hydrogens is 771 g/mol. The van der Waals surface area contributed by atoms with Crippen molar-refractivity contribution in [3.8, 4) is 17.6 Å². The van der Waals surface area contributed by atoms with Crippen LogP contribution < -0.4 is 30.7 Å². The van der Waals surface area contributed by atoms with Crippen molar-refractivity contribution >= 4 is 69.2 Å². The Labute approximate surface area is 343 Å². The van der Waals surface area contributed by atoms with Crippen LogP contribution in [0.15, 0.2) is 144 Å². The Morgan fingerprint density at radius 1 is 0.741 bits per heavy atom. The molecule has 0 aliphatic heterocycles. The Balaban J connectivity index is 1.26. The van der Waals surface area contributed by atoms with Crippen LogP contribution in [0.25, 0.3) is 6.08 Å². The van der Waals surface area contributed by atoms with Crippen LogP contribution in [0.2, 0.25) is 0 Å². The molecular formula is C45H37N5O6S2. The van der Waals surface area contributed by atoms with Crippen molar-refractivity contribution in [2.75, 3.05) is 30.2 Å². The SMILES string of the molecule is COc1cccc(/C=C(/NC(=O)c2ccccc2)C(=O)Nc2cccc(SC(C(=O)Nc3sc(C(=O)Nc4ccccc4)c(C)c3C#N)c3ccccc3)c2)c1OC. The zero-order valence-electron chi connectivity index (χ0n) is 31.6. The lowest BCUT2D eigenvalue weighted by Crippen LogP contribution is -2.30. The van der Waals surface area contributed by atoms with Gasteiger partial charge in [0.2, 0.25) is 5.91 Å². The van der Waals surface area contributed by atoms with Gasteiger partial charge >= 0.3 is 0 Å². The van der Waals surface area contributed by atoms with Gasteiger partial charge < -0.3 is 30.7 Å². The van der Waals surface area contributed by atoms with Gasteiger partial charge in [0, 0.05) is 27.4 Å². The first-order valence-electron chi connectivity index (χ1n) is 17.8. The highest BCUT2D eigenvalue weighted by Gasteiger charge is 2.27. The van der Waals surface area contributed by atoms with E-state index < -0.39 is 23.0 Å². The molecule has 13 heteroatoms. The second-order valence-electron chi connectivity index (χ2n) is 12.5. The average Bonchev–Trinajstić information content (AvgIpc) is 3.57. The zero-order valence-corrected chi connectivity index (χ0v) is 33.2. The van der Waals surface area contributed by atoms with Crippen molar-refractivity contribution in [2.24, 2.45) is 0 Å². The highest BCUT2D eigenvalue weighted by molar-refractivity contribution is 8.00.